The molecule has 1 heterocycles. The third-order valence-corrected chi connectivity index (χ3v) is 3.81. The quantitative estimate of drug-likeness (QED) is 0.866. The summed E-state index contributed by atoms with van der Waals surface area (Å²) >= 11 is 6.26. The molecule has 0 radical (unpaired) electrons. The van der Waals surface area contributed by atoms with Gasteiger partial charge in [-0.15, -0.1) is 0 Å². The Morgan fingerprint density at radius 1 is 1.50 bits per heavy atom. The fraction of sp³-hybridized carbons (Fsp3) is 0.692. The van der Waals surface area contributed by atoms with Gasteiger partial charge in [0.05, 0.1) is 21.8 Å². The number of carboxylic acids is 1. The topological polar surface area (TPSA) is 55.1 Å². The Morgan fingerprint density at radius 3 is 2.50 bits per heavy atom. The van der Waals surface area contributed by atoms with Crippen LogP contribution in [0.3, 0.4) is 0 Å². The molecule has 0 fully saturated rings. The fourth-order valence-electron chi connectivity index (χ4n) is 2.20. The number of carbonyl (C=O) groups is 1. The Labute approximate surface area is 113 Å². The highest BCUT2D eigenvalue weighted by Gasteiger charge is 2.34. The minimum absolute atomic E-state index is 0.415. The van der Waals surface area contributed by atoms with Crippen LogP contribution in [-0.2, 0) is 24.7 Å². The second kappa shape index (κ2) is 5.74. The van der Waals surface area contributed by atoms with Crippen LogP contribution in [-0.4, -0.2) is 20.9 Å². The van der Waals surface area contributed by atoms with Crippen molar-refractivity contribution in [1.82, 2.24) is 9.78 Å². The number of hydrogen-bond donors (Lipinski definition) is 1. The molecule has 102 valence electrons. The molecule has 0 bridgehead atoms. The van der Waals surface area contributed by atoms with Crippen molar-refractivity contribution in [3.8, 4) is 0 Å². The molecule has 1 atom stereocenters. The summed E-state index contributed by atoms with van der Waals surface area (Å²) in [5, 5.41) is 14.3. The average Bonchev–Trinajstić information content (AvgIpc) is 2.56. The number of hydrogen-bond acceptors (Lipinski definition) is 2. The lowest BCUT2D eigenvalue weighted by Crippen LogP contribution is -2.30. The van der Waals surface area contributed by atoms with Crippen LogP contribution in [0.15, 0.2) is 0 Å². The van der Waals surface area contributed by atoms with E-state index in [4.69, 9.17) is 11.6 Å². The summed E-state index contributed by atoms with van der Waals surface area (Å²) in [4.78, 5) is 11.4. The van der Waals surface area contributed by atoms with Crippen molar-refractivity contribution in [3.05, 3.63) is 16.4 Å². The Kier molecular flexibility index (Phi) is 4.79. The van der Waals surface area contributed by atoms with Gasteiger partial charge in [0.2, 0.25) is 0 Å². The number of rotatable bonds is 6. The van der Waals surface area contributed by atoms with Crippen molar-refractivity contribution in [2.45, 2.75) is 46.5 Å². The van der Waals surface area contributed by atoms with Crippen LogP contribution >= 0.6 is 11.6 Å². The second-order valence-corrected chi connectivity index (χ2v) is 5.36. The Balaban J connectivity index is 3.08. The molecule has 5 heteroatoms. The predicted molar refractivity (Wildman–Crippen MR) is 72.0 cm³/mol. The van der Waals surface area contributed by atoms with Gasteiger partial charge in [-0.1, -0.05) is 31.9 Å². The van der Waals surface area contributed by atoms with Gasteiger partial charge in [-0.25, -0.2) is 0 Å². The van der Waals surface area contributed by atoms with Crippen LogP contribution in [0.4, 0.5) is 0 Å². The molecule has 0 aliphatic heterocycles. The minimum Gasteiger partial charge on any atom is -0.481 e. The van der Waals surface area contributed by atoms with E-state index in [0.29, 0.717) is 17.9 Å². The van der Waals surface area contributed by atoms with Gasteiger partial charge in [0, 0.05) is 13.5 Å². The van der Waals surface area contributed by atoms with Gasteiger partial charge >= 0.3 is 5.97 Å². The van der Waals surface area contributed by atoms with E-state index in [0.717, 1.165) is 24.2 Å². The maximum Gasteiger partial charge on any atom is 0.309 e. The van der Waals surface area contributed by atoms with Gasteiger partial charge in [-0.2, -0.15) is 5.10 Å². The number of aromatic nitrogens is 2. The molecule has 1 unspecified atom stereocenters. The molecule has 1 rings (SSSR count). The van der Waals surface area contributed by atoms with Crippen LogP contribution in [0, 0.1) is 5.41 Å². The number of aryl methyl sites for hydroxylation is 2. The third kappa shape index (κ3) is 2.86. The van der Waals surface area contributed by atoms with Gasteiger partial charge in [0.25, 0.3) is 0 Å². The van der Waals surface area contributed by atoms with E-state index < -0.39 is 11.4 Å². The highest BCUT2D eigenvalue weighted by molar-refractivity contribution is 6.31. The molecule has 4 nitrogen and oxygen atoms in total. The summed E-state index contributed by atoms with van der Waals surface area (Å²) in [6.07, 6.45) is 2.63. The molecule has 0 spiro atoms. The molecule has 0 saturated heterocycles. The lowest BCUT2D eigenvalue weighted by molar-refractivity contribution is -0.148. The molecule has 1 aromatic rings. The molecule has 0 aromatic carbocycles. The summed E-state index contributed by atoms with van der Waals surface area (Å²) in [5.74, 6) is -0.778. The highest BCUT2D eigenvalue weighted by atomic mass is 35.5. The van der Waals surface area contributed by atoms with Crippen LogP contribution in [0.2, 0.25) is 5.02 Å². The van der Waals surface area contributed by atoms with Crippen molar-refractivity contribution in [1.29, 1.82) is 0 Å². The molecule has 1 aromatic heterocycles. The van der Waals surface area contributed by atoms with Crippen molar-refractivity contribution in [2.24, 2.45) is 12.5 Å². The summed E-state index contributed by atoms with van der Waals surface area (Å²) in [5.41, 5.74) is 0.863. The van der Waals surface area contributed by atoms with Crippen molar-refractivity contribution in [3.63, 3.8) is 0 Å². The number of carboxylic acid groups (broad SMARTS) is 1. The van der Waals surface area contributed by atoms with E-state index in [-0.39, 0.29) is 0 Å². The molecular formula is C13H21ClN2O2. The second-order valence-electron chi connectivity index (χ2n) is 4.98. The summed E-state index contributed by atoms with van der Waals surface area (Å²) < 4.78 is 1.71. The molecular weight excluding hydrogens is 252 g/mol. The molecule has 0 aliphatic rings. The molecule has 1 N–H and O–H groups in total. The maximum atomic E-state index is 11.4. The van der Waals surface area contributed by atoms with Crippen LogP contribution in [0.5, 0.6) is 0 Å². The first-order valence-corrected chi connectivity index (χ1v) is 6.67. The third-order valence-electron chi connectivity index (χ3n) is 3.38. The molecule has 0 aliphatic carbocycles. The fourth-order valence-corrected chi connectivity index (χ4v) is 2.56. The van der Waals surface area contributed by atoms with E-state index in [9.17, 15) is 9.90 Å². The van der Waals surface area contributed by atoms with E-state index in [1.807, 2.05) is 20.9 Å². The predicted octanol–water partition coefficient (Wildman–Crippen LogP) is 3.07. The Morgan fingerprint density at radius 2 is 2.11 bits per heavy atom. The van der Waals surface area contributed by atoms with E-state index >= 15 is 0 Å². The van der Waals surface area contributed by atoms with Crippen LogP contribution < -0.4 is 0 Å². The van der Waals surface area contributed by atoms with E-state index in [1.54, 1.807) is 11.6 Å². The highest BCUT2D eigenvalue weighted by Crippen LogP contribution is 2.32. The Bertz CT molecular complexity index is 442. The summed E-state index contributed by atoms with van der Waals surface area (Å²) in [7, 11) is 1.81. The zero-order valence-electron chi connectivity index (χ0n) is 11.5. The first-order valence-electron chi connectivity index (χ1n) is 6.29. The Hall–Kier alpha value is -1.03. The zero-order chi connectivity index (χ0) is 13.9. The first kappa shape index (κ1) is 15.0. The maximum absolute atomic E-state index is 11.4. The van der Waals surface area contributed by atoms with E-state index in [2.05, 4.69) is 5.10 Å². The molecule has 18 heavy (non-hydrogen) atoms. The van der Waals surface area contributed by atoms with Gasteiger partial charge in [-0.3, -0.25) is 9.48 Å². The van der Waals surface area contributed by atoms with Crippen molar-refractivity contribution >= 4 is 17.6 Å². The van der Waals surface area contributed by atoms with Crippen molar-refractivity contribution < 1.29 is 9.90 Å². The zero-order valence-corrected chi connectivity index (χ0v) is 12.2. The van der Waals surface area contributed by atoms with Crippen molar-refractivity contribution in [2.75, 3.05) is 0 Å². The number of halogens is 1. The monoisotopic (exact) mass is 272 g/mol. The normalized spacial score (nSPS) is 14.5. The van der Waals surface area contributed by atoms with Gasteiger partial charge < -0.3 is 5.11 Å². The lowest BCUT2D eigenvalue weighted by Gasteiger charge is -2.24. The van der Waals surface area contributed by atoms with Gasteiger partial charge in [0.1, 0.15) is 0 Å². The number of nitrogens with zero attached hydrogens (tertiary/aromatic N) is 2. The standard InChI is InChI=1S/C13H21ClN2O2/c1-5-7-13(3,12(17)18)8-10-11(14)9(6-2)15-16(10)4/h5-8H2,1-4H3,(H,17,18). The molecule has 0 amide bonds. The lowest BCUT2D eigenvalue weighted by atomic mass is 9.81. The SMILES string of the molecule is CCCC(C)(Cc1c(Cl)c(CC)nn1C)C(=O)O. The average molecular weight is 273 g/mol. The van der Waals surface area contributed by atoms with E-state index in [1.165, 1.54) is 0 Å². The summed E-state index contributed by atoms with van der Waals surface area (Å²) in [6.45, 7) is 5.75. The smallest absolute Gasteiger partial charge is 0.309 e. The largest absolute Gasteiger partial charge is 0.481 e. The molecule has 0 saturated carbocycles. The minimum atomic E-state index is -0.781. The first-order chi connectivity index (χ1) is 8.35. The van der Waals surface area contributed by atoms with Crippen LogP contribution in [0.25, 0.3) is 0 Å². The van der Waals surface area contributed by atoms with Crippen LogP contribution in [0.1, 0.15) is 45.0 Å². The van der Waals surface area contributed by atoms with Gasteiger partial charge in [-0.05, 0) is 19.8 Å². The number of aliphatic carboxylic acids is 1. The van der Waals surface area contributed by atoms with Gasteiger partial charge in [0.15, 0.2) is 0 Å². The summed E-state index contributed by atoms with van der Waals surface area (Å²) in [6, 6.07) is 0.